The van der Waals surface area contributed by atoms with Crippen LogP contribution in [-0.4, -0.2) is 18.2 Å². The highest BCUT2D eigenvalue weighted by Crippen LogP contribution is 2.27. The highest BCUT2D eigenvalue weighted by molar-refractivity contribution is 6.32. The van der Waals surface area contributed by atoms with E-state index < -0.39 is 5.97 Å². The van der Waals surface area contributed by atoms with Gasteiger partial charge in [-0.05, 0) is 35.4 Å². The molecule has 0 aliphatic heterocycles. The monoisotopic (exact) mass is 306 g/mol. The lowest BCUT2D eigenvalue weighted by Gasteiger charge is -2.10. The van der Waals surface area contributed by atoms with Crippen molar-refractivity contribution < 1.29 is 19.4 Å². The minimum absolute atomic E-state index is 0.0596. The number of halogens is 1. The quantitative estimate of drug-likeness (QED) is 0.886. The maximum absolute atomic E-state index is 10.6. The summed E-state index contributed by atoms with van der Waals surface area (Å²) in [6.07, 6.45) is -0.0596. The number of hydrogen-bond acceptors (Lipinski definition) is 3. The largest absolute Gasteiger partial charge is 0.497 e. The first-order valence-corrected chi connectivity index (χ1v) is 6.72. The number of hydrogen-bond donors (Lipinski definition) is 1. The van der Waals surface area contributed by atoms with Gasteiger partial charge in [-0.25, -0.2) is 0 Å². The van der Waals surface area contributed by atoms with Gasteiger partial charge >= 0.3 is 5.97 Å². The summed E-state index contributed by atoms with van der Waals surface area (Å²) in [6, 6.07) is 12.5. The van der Waals surface area contributed by atoms with Gasteiger partial charge in [-0.15, -0.1) is 0 Å². The summed E-state index contributed by atoms with van der Waals surface area (Å²) < 4.78 is 10.8. The van der Waals surface area contributed by atoms with Crippen LogP contribution in [0.25, 0.3) is 0 Å². The van der Waals surface area contributed by atoms with E-state index in [4.69, 9.17) is 26.2 Å². The lowest BCUT2D eigenvalue weighted by atomic mass is 10.1. The van der Waals surface area contributed by atoms with Crippen LogP contribution in [0.4, 0.5) is 0 Å². The Labute approximate surface area is 127 Å². The summed E-state index contributed by atoms with van der Waals surface area (Å²) in [6.45, 7) is 0.356. The molecule has 21 heavy (non-hydrogen) atoms. The Balaban J connectivity index is 2.04. The Morgan fingerprint density at radius 2 is 2.00 bits per heavy atom. The van der Waals surface area contributed by atoms with Crippen LogP contribution in [0.2, 0.25) is 5.02 Å². The molecule has 0 radical (unpaired) electrons. The Bertz CT molecular complexity index is 640. The fraction of sp³-hybridized carbons (Fsp3) is 0.188. The molecule has 0 atom stereocenters. The van der Waals surface area contributed by atoms with Gasteiger partial charge in [-0.2, -0.15) is 0 Å². The number of carboxylic acid groups (broad SMARTS) is 1. The van der Waals surface area contributed by atoms with E-state index in [0.717, 1.165) is 11.3 Å². The maximum Gasteiger partial charge on any atom is 0.307 e. The van der Waals surface area contributed by atoms with E-state index in [9.17, 15) is 4.79 Å². The lowest BCUT2D eigenvalue weighted by molar-refractivity contribution is -0.136. The van der Waals surface area contributed by atoms with Gasteiger partial charge in [0.05, 0.1) is 18.6 Å². The molecule has 110 valence electrons. The molecular weight excluding hydrogens is 292 g/mol. The fourth-order valence-corrected chi connectivity index (χ4v) is 2.13. The van der Waals surface area contributed by atoms with E-state index in [0.29, 0.717) is 22.9 Å². The second-order valence-electron chi connectivity index (χ2n) is 4.48. The molecule has 0 fully saturated rings. The maximum atomic E-state index is 10.6. The van der Waals surface area contributed by atoms with Crippen molar-refractivity contribution in [3.63, 3.8) is 0 Å². The van der Waals surface area contributed by atoms with Crippen molar-refractivity contribution in [1.82, 2.24) is 0 Å². The first-order valence-electron chi connectivity index (χ1n) is 6.34. The van der Waals surface area contributed by atoms with Gasteiger partial charge in [0.25, 0.3) is 0 Å². The Morgan fingerprint density at radius 1 is 1.19 bits per heavy atom. The van der Waals surface area contributed by atoms with E-state index in [2.05, 4.69) is 0 Å². The predicted octanol–water partition coefficient (Wildman–Crippen LogP) is 3.55. The molecule has 2 aromatic rings. The van der Waals surface area contributed by atoms with Crippen molar-refractivity contribution >= 4 is 17.6 Å². The molecule has 0 saturated carbocycles. The average Bonchev–Trinajstić information content (AvgIpc) is 2.46. The first-order chi connectivity index (χ1) is 10.1. The van der Waals surface area contributed by atoms with Gasteiger partial charge in [-0.3, -0.25) is 4.79 Å². The van der Waals surface area contributed by atoms with Crippen LogP contribution >= 0.6 is 11.6 Å². The smallest absolute Gasteiger partial charge is 0.307 e. The molecule has 0 heterocycles. The van der Waals surface area contributed by atoms with Gasteiger partial charge < -0.3 is 14.6 Å². The second-order valence-corrected chi connectivity index (χ2v) is 4.88. The molecule has 0 aliphatic rings. The summed E-state index contributed by atoms with van der Waals surface area (Å²) in [5, 5.41) is 9.14. The number of rotatable bonds is 6. The summed E-state index contributed by atoms with van der Waals surface area (Å²) in [7, 11) is 1.61. The van der Waals surface area contributed by atoms with Crippen LogP contribution < -0.4 is 9.47 Å². The molecule has 1 N–H and O–H groups in total. The summed E-state index contributed by atoms with van der Waals surface area (Å²) in [5.41, 5.74) is 1.60. The standard InChI is InChI=1S/C16H15ClO4/c1-20-13-4-2-3-12(7-13)10-21-15-6-5-11(8-14(15)17)9-16(18)19/h2-8H,9-10H2,1H3,(H,18,19). The summed E-state index contributed by atoms with van der Waals surface area (Å²) in [4.78, 5) is 10.6. The molecule has 2 aromatic carbocycles. The van der Waals surface area contributed by atoms with Crippen LogP contribution in [0.15, 0.2) is 42.5 Å². The van der Waals surface area contributed by atoms with E-state index in [1.54, 1.807) is 25.3 Å². The Kier molecular flexibility index (Phi) is 5.06. The molecule has 0 spiro atoms. The third kappa shape index (κ3) is 4.39. The lowest BCUT2D eigenvalue weighted by Crippen LogP contribution is -2.01. The minimum atomic E-state index is -0.892. The summed E-state index contributed by atoms with van der Waals surface area (Å²) in [5.74, 6) is 0.392. The molecule has 0 aromatic heterocycles. The van der Waals surface area contributed by atoms with Crippen LogP contribution in [0, 0.1) is 0 Å². The highest BCUT2D eigenvalue weighted by Gasteiger charge is 2.06. The first kappa shape index (κ1) is 15.2. The van der Waals surface area contributed by atoms with Crippen LogP contribution in [0.1, 0.15) is 11.1 Å². The zero-order chi connectivity index (χ0) is 15.2. The fourth-order valence-electron chi connectivity index (χ4n) is 1.87. The number of carboxylic acids is 1. The van der Waals surface area contributed by atoms with E-state index in [1.165, 1.54) is 0 Å². The molecular formula is C16H15ClO4. The molecule has 5 heteroatoms. The van der Waals surface area contributed by atoms with E-state index in [-0.39, 0.29) is 6.42 Å². The molecule has 0 amide bonds. The Morgan fingerprint density at radius 3 is 2.67 bits per heavy atom. The van der Waals surface area contributed by atoms with Crippen LogP contribution in [0.5, 0.6) is 11.5 Å². The molecule has 0 aliphatic carbocycles. The number of methoxy groups -OCH3 is 1. The average molecular weight is 307 g/mol. The molecule has 0 saturated heterocycles. The van der Waals surface area contributed by atoms with Gasteiger partial charge in [0, 0.05) is 0 Å². The number of carbonyl (C=O) groups is 1. The zero-order valence-corrected chi connectivity index (χ0v) is 12.3. The SMILES string of the molecule is COc1cccc(COc2ccc(CC(=O)O)cc2Cl)c1. The van der Waals surface area contributed by atoms with Gasteiger partial charge in [0.15, 0.2) is 0 Å². The number of aliphatic carboxylic acids is 1. The third-order valence-electron chi connectivity index (χ3n) is 2.88. The van der Waals surface area contributed by atoms with Crippen molar-refractivity contribution in [3.8, 4) is 11.5 Å². The predicted molar refractivity (Wildman–Crippen MR) is 80.1 cm³/mol. The third-order valence-corrected chi connectivity index (χ3v) is 3.18. The van der Waals surface area contributed by atoms with Crippen molar-refractivity contribution in [3.05, 3.63) is 58.6 Å². The van der Waals surface area contributed by atoms with E-state index >= 15 is 0 Å². The summed E-state index contributed by atoms with van der Waals surface area (Å²) >= 11 is 6.10. The van der Waals surface area contributed by atoms with Crippen molar-refractivity contribution in [2.45, 2.75) is 13.0 Å². The topological polar surface area (TPSA) is 55.8 Å². The molecule has 0 unspecified atom stereocenters. The normalized spacial score (nSPS) is 10.2. The van der Waals surface area contributed by atoms with Crippen LogP contribution in [0.3, 0.4) is 0 Å². The van der Waals surface area contributed by atoms with Gasteiger partial charge in [-0.1, -0.05) is 29.8 Å². The van der Waals surface area contributed by atoms with Crippen molar-refractivity contribution in [1.29, 1.82) is 0 Å². The Hall–Kier alpha value is -2.20. The van der Waals surface area contributed by atoms with Gasteiger partial charge in [0.1, 0.15) is 18.1 Å². The molecule has 4 nitrogen and oxygen atoms in total. The van der Waals surface area contributed by atoms with E-state index in [1.807, 2.05) is 24.3 Å². The van der Waals surface area contributed by atoms with Crippen LogP contribution in [-0.2, 0) is 17.8 Å². The highest BCUT2D eigenvalue weighted by atomic mass is 35.5. The van der Waals surface area contributed by atoms with Crippen molar-refractivity contribution in [2.75, 3.05) is 7.11 Å². The van der Waals surface area contributed by atoms with Gasteiger partial charge in [0.2, 0.25) is 0 Å². The minimum Gasteiger partial charge on any atom is -0.497 e. The second kappa shape index (κ2) is 6.99. The molecule has 2 rings (SSSR count). The zero-order valence-electron chi connectivity index (χ0n) is 11.5. The molecule has 0 bridgehead atoms. The van der Waals surface area contributed by atoms with Crippen molar-refractivity contribution in [2.24, 2.45) is 0 Å². The number of ether oxygens (including phenoxy) is 2. The number of benzene rings is 2.